The Morgan fingerprint density at radius 2 is 1.57 bits per heavy atom. The zero-order chi connectivity index (χ0) is 11.1. The van der Waals surface area contributed by atoms with Crippen molar-refractivity contribution in [2.45, 2.75) is 6.18 Å². The Bertz CT molecular complexity index is 351. The number of anilines is 1. The molecule has 1 rings (SSSR count). The van der Waals surface area contributed by atoms with Crippen LogP contribution in [-0.4, -0.2) is 4.98 Å². The fourth-order valence-corrected chi connectivity index (χ4v) is 1.50. The van der Waals surface area contributed by atoms with Gasteiger partial charge in [0.25, 0.3) is 0 Å². The van der Waals surface area contributed by atoms with Gasteiger partial charge in [-0.05, 0) is 0 Å². The molecule has 0 atom stereocenters. The van der Waals surface area contributed by atoms with E-state index in [4.69, 9.17) is 40.5 Å². The van der Waals surface area contributed by atoms with Crippen LogP contribution >= 0.6 is 34.8 Å². The third-order valence-electron chi connectivity index (χ3n) is 1.35. The SMILES string of the molecule is Nc1nc(Cl)c(Cl)c(C(F)(F)F)c1Cl. The van der Waals surface area contributed by atoms with Crippen molar-refractivity contribution >= 4 is 40.6 Å². The molecule has 0 aliphatic rings. The van der Waals surface area contributed by atoms with Gasteiger partial charge in [0.05, 0.1) is 15.6 Å². The molecule has 0 unspecified atom stereocenters. The van der Waals surface area contributed by atoms with Crippen molar-refractivity contribution in [1.29, 1.82) is 0 Å². The highest BCUT2D eigenvalue weighted by Crippen LogP contribution is 2.43. The van der Waals surface area contributed by atoms with E-state index in [0.717, 1.165) is 0 Å². The predicted octanol–water partition coefficient (Wildman–Crippen LogP) is 3.64. The van der Waals surface area contributed by atoms with Crippen LogP contribution in [0.3, 0.4) is 0 Å². The lowest BCUT2D eigenvalue weighted by Crippen LogP contribution is -2.10. The van der Waals surface area contributed by atoms with Gasteiger partial charge < -0.3 is 5.73 Å². The molecule has 2 N–H and O–H groups in total. The maximum absolute atomic E-state index is 12.4. The van der Waals surface area contributed by atoms with Crippen LogP contribution in [0, 0.1) is 0 Å². The highest BCUT2D eigenvalue weighted by Gasteiger charge is 2.38. The van der Waals surface area contributed by atoms with Gasteiger partial charge in [0.2, 0.25) is 0 Å². The summed E-state index contributed by atoms with van der Waals surface area (Å²) < 4.78 is 37.1. The van der Waals surface area contributed by atoms with Crippen molar-refractivity contribution in [3.8, 4) is 0 Å². The van der Waals surface area contributed by atoms with Gasteiger partial charge in [0, 0.05) is 0 Å². The van der Waals surface area contributed by atoms with Crippen molar-refractivity contribution in [3.63, 3.8) is 0 Å². The van der Waals surface area contributed by atoms with Crippen molar-refractivity contribution in [2.75, 3.05) is 5.73 Å². The maximum atomic E-state index is 12.4. The number of alkyl halides is 3. The maximum Gasteiger partial charge on any atom is 0.419 e. The molecule has 78 valence electrons. The molecule has 0 saturated heterocycles. The number of nitrogens with zero attached hydrogens (tertiary/aromatic N) is 1. The van der Waals surface area contributed by atoms with E-state index in [9.17, 15) is 13.2 Å². The van der Waals surface area contributed by atoms with Crippen LogP contribution in [0.25, 0.3) is 0 Å². The van der Waals surface area contributed by atoms with Crippen molar-refractivity contribution in [1.82, 2.24) is 4.98 Å². The van der Waals surface area contributed by atoms with E-state index >= 15 is 0 Å². The fourth-order valence-electron chi connectivity index (χ4n) is 0.780. The second-order valence-electron chi connectivity index (χ2n) is 2.29. The molecule has 0 saturated carbocycles. The van der Waals surface area contributed by atoms with Crippen molar-refractivity contribution < 1.29 is 13.2 Å². The van der Waals surface area contributed by atoms with Crippen LogP contribution in [0.4, 0.5) is 19.0 Å². The lowest BCUT2D eigenvalue weighted by atomic mass is 10.2. The van der Waals surface area contributed by atoms with Gasteiger partial charge in [-0.15, -0.1) is 0 Å². The van der Waals surface area contributed by atoms with E-state index in [-0.39, 0.29) is 0 Å². The summed E-state index contributed by atoms with van der Waals surface area (Å²) in [6.07, 6.45) is -4.71. The minimum absolute atomic E-state index is 0.506. The summed E-state index contributed by atoms with van der Waals surface area (Å²) >= 11 is 15.9. The van der Waals surface area contributed by atoms with Crippen LogP contribution in [-0.2, 0) is 6.18 Å². The average molecular weight is 265 g/mol. The van der Waals surface area contributed by atoms with Gasteiger partial charge in [-0.25, -0.2) is 4.98 Å². The van der Waals surface area contributed by atoms with E-state index in [2.05, 4.69) is 4.98 Å². The summed E-state index contributed by atoms with van der Waals surface area (Å²) in [5.41, 5.74) is 3.84. The molecule has 0 aliphatic heterocycles. The fraction of sp³-hybridized carbons (Fsp3) is 0.167. The topological polar surface area (TPSA) is 38.9 Å². The quantitative estimate of drug-likeness (QED) is 0.727. The third kappa shape index (κ3) is 1.99. The summed E-state index contributed by atoms with van der Waals surface area (Å²) in [6.45, 7) is 0. The molecule has 1 aromatic rings. The summed E-state index contributed by atoms with van der Waals surface area (Å²) in [5, 5.41) is -2.02. The van der Waals surface area contributed by atoms with Gasteiger partial charge in [0.15, 0.2) is 5.15 Å². The molecular weight excluding hydrogens is 263 g/mol. The summed E-state index contributed by atoms with van der Waals surface area (Å²) in [4.78, 5) is 3.33. The van der Waals surface area contributed by atoms with Gasteiger partial charge in [0.1, 0.15) is 5.82 Å². The predicted molar refractivity (Wildman–Crippen MR) is 48.7 cm³/mol. The number of aromatic nitrogens is 1. The van der Waals surface area contributed by atoms with E-state index in [1.807, 2.05) is 0 Å². The summed E-state index contributed by atoms with van der Waals surface area (Å²) in [6, 6.07) is 0. The van der Waals surface area contributed by atoms with Gasteiger partial charge in [-0.1, -0.05) is 34.8 Å². The molecule has 1 heterocycles. The first kappa shape index (κ1) is 11.7. The molecule has 0 amide bonds. The average Bonchev–Trinajstić information content (AvgIpc) is 1.98. The largest absolute Gasteiger partial charge is 0.419 e. The number of nitrogen functional groups attached to an aromatic ring is 1. The minimum Gasteiger partial charge on any atom is -0.382 e. The first-order chi connectivity index (χ1) is 6.25. The van der Waals surface area contributed by atoms with Gasteiger partial charge in [-0.2, -0.15) is 13.2 Å². The van der Waals surface area contributed by atoms with Crippen LogP contribution in [0.5, 0.6) is 0 Å². The molecule has 0 spiro atoms. The number of rotatable bonds is 0. The smallest absolute Gasteiger partial charge is 0.382 e. The Balaban J connectivity index is 3.56. The van der Waals surface area contributed by atoms with Crippen LogP contribution < -0.4 is 5.73 Å². The van der Waals surface area contributed by atoms with E-state index < -0.39 is 32.8 Å². The normalized spacial score (nSPS) is 11.9. The highest BCUT2D eigenvalue weighted by atomic mass is 35.5. The molecule has 0 radical (unpaired) electrons. The van der Waals surface area contributed by atoms with E-state index in [1.54, 1.807) is 0 Å². The van der Waals surface area contributed by atoms with Gasteiger partial charge in [-0.3, -0.25) is 0 Å². The summed E-state index contributed by atoms with van der Waals surface area (Å²) in [5.74, 6) is -0.506. The molecule has 0 aliphatic carbocycles. The van der Waals surface area contributed by atoms with Crippen LogP contribution in [0.15, 0.2) is 0 Å². The number of halogens is 6. The summed E-state index contributed by atoms with van der Waals surface area (Å²) in [7, 11) is 0. The van der Waals surface area contributed by atoms with Crippen LogP contribution in [0.2, 0.25) is 15.2 Å². The third-order valence-corrected chi connectivity index (χ3v) is 2.47. The number of pyridine rings is 1. The molecular formula is C6H2Cl3F3N2. The second-order valence-corrected chi connectivity index (χ2v) is 3.40. The molecule has 0 fully saturated rings. The Kier molecular flexibility index (Phi) is 3.04. The molecule has 1 aromatic heterocycles. The molecule has 0 bridgehead atoms. The molecule has 0 aromatic carbocycles. The van der Waals surface area contributed by atoms with Gasteiger partial charge >= 0.3 is 6.18 Å². The van der Waals surface area contributed by atoms with E-state index in [1.165, 1.54) is 0 Å². The van der Waals surface area contributed by atoms with E-state index in [0.29, 0.717) is 0 Å². The zero-order valence-corrected chi connectivity index (χ0v) is 8.56. The highest BCUT2D eigenvalue weighted by molar-refractivity contribution is 6.43. The number of hydrogen-bond acceptors (Lipinski definition) is 2. The first-order valence-corrected chi connectivity index (χ1v) is 4.25. The number of hydrogen-bond donors (Lipinski definition) is 1. The standard InChI is InChI=1S/C6H2Cl3F3N2/c7-2-1(6(10,11)12)3(8)5(13)14-4(2)9/h(H2,13,14). The minimum atomic E-state index is -4.71. The lowest BCUT2D eigenvalue weighted by Gasteiger charge is -2.12. The lowest BCUT2D eigenvalue weighted by molar-refractivity contribution is -0.137. The zero-order valence-electron chi connectivity index (χ0n) is 6.29. The van der Waals surface area contributed by atoms with Crippen LogP contribution in [0.1, 0.15) is 5.56 Å². The molecule has 14 heavy (non-hydrogen) atoms. The Morgan fingerprint density at radius 1 is 1.07 bits per heavy atom. The number of nitrogens with two attached hydrogens (primary N) is 1. The monoisotopic (exact) mass is 264 g/mol. The molecule has 2 nitrogen and oxygen atoms in total. The Morgan fingerprint density at radius 3 is 2.00 bits per heavy atom. The van der Waals surface area contributed by atoms with Crippen molar-refractivity contribution in [3.05, 3.63) is 20.8 Å². The van der Waals surface area contributed by atoms with Crippen molar-refractivity contribution in [2.24, 2.45) is 0 Å². The second kappa shape index (κ2) is 3.64. The first-order valence-electron chi connectivity index (χ1n) is 3.12. The Hall–Kier alpha value is -0.390. The Labute approximate surface area is 91.8 Å². The molecule has 8 heteroatoms.